The molecule has 1 heterocycles. The minimum absolute atomic E-state index is 0.112. The third-order valence-corrected chi connectivity index (χ3v) is 3.86. The number of benzene rings is 2. The summed E-state index contributed by atoms with van der Waals surface area (Å²) in [7, 11) is 1.66. The third kappa shape index (κ3) is 4.16. The number of likely N-dealkylation sites (N-methyl/N-ethyl adjacent to an activating group) is 1. The van der Waals surface area contributed by atoms with Crippen molar-refractivity contribution in [2.75, 3.05) is 11.9 Å². The van der Waals surface area contributed by atoms with E-state index in [1.165, 1.54) is 15.6 Å². The first kappa shape index (κ1) is 17.4. The summed E-state index contributed by atoms with van der Waals surface area (Å²) in [5.74, 6) is 1.19. The number of rotatable bonds is 5. The zero-order valence-electron chi connectivity index (χ0n) is 14.6. The Labute approximate surface area is 151 Å². The van der Waals surface area contributed by atoms with Crippen LogP contribution in [0.15, 0.2) is 71.5 Å². The van der Waals surface area contributed by atoms with Crippen LogP contribution in [0.5, 0.6) is 11.5 Å². The first-order valence-electron chi connectivity index (χ1n) is 8.17. The highest BCUT2D eigenvalue weighted by Gasteiger charge is 2.13. The lowest BCUT2D eigenvalue weighted by Gasteiger charge is -2.18. The number of carbonyl (C=O) groups is 1. The van der Waals surface area contributed by atoms with Crippen LogP contribution in [0.3, 0.4) is 0 Å². The van der Waals surface area contributed by atoms with Crippen LogP contribution in [0.2, 0.25) is 0 Å². The van der Waals surface area contributed by atoms with Crippen molar-refractivity contribution < 1.29 is 9.53 Å². The quantitative estimate of drug-likeness (QED) is 0.710. The molecule has 2 aromatic carbocycles. The lowest BCUT2D eigenvalue weighted by Crippen LogP contribution is -2.35. The number of nitrogens with zero attached hydrogens (tertiary/aromatic N) is 3. The molecule has 1 aromatic heterocycles. The highest BCUT2D eigenvalue weighted by atomic mass is 16.5. The fraction of sp³-hybridized carbons (Fsp3) is 0.150. The Morgan fingerprint density at radius 2 is 1.65 bits per heavy atom. The van der Waals surface area contributed by atoms with Gasteiger partial charge in [-0.3, -0.25) is 9.59 Å². The number of hydrogen-bond donors (Lipinski definition) is 0. The Kier molecular flexibility index (Phi) is 5.12. The van der Waals surface area contributed by atoms with Crippen molar-refractivity contribution in [2.24, 2.45) is 0 Å². The van der Waals surface area contributed by atoms with E-state index in [0.29, 0.717) is 17.1 Å². The molecule has 6 heteroatoms. The van der Waals surface area contributed by atoms with E-state index >= 15 is 0 Å². The van der Waals surface area contributed by atoms with Crippen LogP contribution in [0, 0.1) is 6.92 Å². The number of ether oxygens (including phenoxy) is 1. The summed E-state index contributed by atoms with van der Waals surface area (Å²) in [5, 5.41) is 4.09. The van der Waals surface area contributed by atoms with E-state index in [4.69, 9.17) is 4.74 Å². The molecule has 6 nitrogen and oxygen atoms in total. The molecular formula is C20H19N3O3. The van der Waals surface area contributed by atoms with Crippen LogP contribution in [-0.2, 0) is 11.3 Å². The maximum atomic E-state index is 12.4. The molecule has 3 aromatic rings. The van der Waals surface area contributed by atoms with Crippen molar-refractivity contribution in [1.82, 2.24) is 9.78 Å². The predicted octanol–water partition coefficient (Wildman–Crippen LogP) is 3.01. The summed E-state index contributed by atoms with van der Waals surface area (Å²) in [6.07, 6.45) is 0. The summed E-state index contributed by atoms with van der Waals surface area (Å²) >= 11 is 0. The molecule has 0 aliphatic carbocycles. The van der Waals surface area contributed by atoms with E-state index in [1.54, 1.807) is 44.3 Å². The molecule has 0 spiro atoms. The molecule has 0 saturated carbocycles. The number of hydrogen-bond acceptors (Lipinski definition) is 4. The Morgan fingerprint density at radius 1 is 1.00 bits per heavy atom. The third-order valence-electron chi connectivity index (χ3n) is 3.86. The first-order valence-corrected chi connectivity index (χ1v) is 8.17. The number of aryl methyl sites for hydroxylation is 1. The van der Waals surface area contributed by atoms with Crippen LogP contribution in [0.25, 0.3) is 0 Å². The average Bonchev–Trinajstić information content (AvgIpc) is 2.65. The normalized spacial score (nSPS) is 10.4. The molecule has 26 heavy (non-hydrogen) atoms. The summed E-state index contributed by atoms with van der Waals surface area (Å²) in [4.78, 5) is 25.7. The van der Waals surface area contributed by atoms with E-state index in [9.17, 15) is 9.59 Å². The van der Waals surface area contributed by atoms with Gasteiger partial charge in [-0.15, -0.1) is 0 Å². The molecule has 0 unspecified atom stereocenters. The van der Waals surface area contributed by atoms with Gasteiger partial charge in [0.05, 0.1) is 5.69 Å². The molecule has 0 atom stereocenters. The molecule has 0 N–H and O–H groups in total. The van der Waals surface area contributed by atoms with Crippen LogP contribution >= 0.6 is 0 Å². The highest BCUT2D eigenvalue weighted by molar-refractivity contribution is 5.92. The summed E-state index contributed by atoms with van der Waals surface area (Å²) in [6, 6.07) is 19.7. The molecule has 132 valence electrons. The Balaban J connectivity index is 1.69. The van der Waals surface area contributed by atoms with E-state index < -0.39 is 0 Å². The second-order valence-corrected chi connectivity index (χ2v) is 5.83. The maximum Gasteiger partial charge on any atom is 0.267 e. The van der Waals surface area contributed by atoms with Gasteiger partial charge in [0.1, 0.15) is 18.0 Å². The zero-order chi connectivity index (χ0) is 18.5. The number of anilines is 1. The highest BCUT2D eigenvalue weighted by Crippen LogP contribution is 2.24. The van der Waals surface area contributed by atoms with Gasteiger partial charge in [-0.05, 0) is 49.4 Å². The molecule has 0 radical (unpaired) electrons. The fourth-order valence-electron chi connectivity index (χ4n) is 2.40. The lowest BCUT2D eigenvalue weighted by atomic mass is 10.2. The SMILES string of the molecule is Cc1ccc(=O)n(CC(=O)N(C)c2ccc(Oc3ccccc3)cc2)n1. The van der Waals surface area contributed by atoms with Gasteiger partial charge in [0.2, 0.25) is 5.91 Å². The van der Waals surface area contributed by atoms with E-state index in [2.05, 4.69) is 5.10 Å². The molecular weight excluding hydrogens is 330 g/mol. The summed E-state index contributed by atoms with van der Waals surface area (Å²) in [6.45, 7) is 1.66. The average molecular weight is 349 g/mol. The molecule has 1 amide bonds. The molecule has 0 saturated heterocycles. The molecule has 3 rings (SSSR count). The van der Waals surface area contributed by atoms with Gasteiger partial charge in [0, 0.05) is 18.8 Å². The van der Waals surface area contributed by atoms with Crippen molar-refractivity contribution >= 4 is 11.6 Å². The fourth-order valence-corrected chi connectivity index (χ4v) is 2.40. The zero-order valence-corrected chi connectivity index (χ0v) is 14.6. The van der Waals surface area contributed by atoms with Gasteiger partial charge >= 0.3 is 0 Å². The Bertz CT molecular complexity index is 950. The van der Waals surface area contributed by atoms with Crippen molar-refractivity contribution in [3.05, 3.63) is 82.8 Å². The second-order valence-electron chi connectivity index (χ2n) is 5.83. The largest absolute Gasteiger partial charge is 0.457 e. The van der Waals surface area contributed by atoms with E-state index in [-0.39, 0.29) is 18.0 Å². The van der Waals surface area contributed by atoms with Crippen molar-refractivity contribution in [3.8, 4) is 11.5 Å². The molecule has 0 bridgehead atoms. The molecule has 0 fully saturated rings. The van der Waals surface area contributed by atoms with Crippen molar-refractivity contribution in [1.29, 1.82) is 0 Å². The Hall–Kier alpha value is -3.41. The predicted molar refractivity (Wildman–Crippen MR) is 99.6 cm³/mol. The van der Waals surface area contributed by atoms with Gasteiger partial charge < -0.3 is 9.64 Å². The van der Waals surface area contributed by atoms with Gasteiger partial charge in [-0.1, -0.05) is 18.2 Å². The van der Waals surface area contributed by atoms with E-state index in [1.807, 2.05) is 30.3 Å². The van der Waals surface area contributed by atoms with E-state index in [0.717, 1.165) is 5.75 Å². The minimum Gasteiger partial charge on any atom is -0.457 e. The smallest absolute Gasteiger partial charge is 0.267 e. The topological polar surface area (TPSA) is 64.4 Å². The standard InChI is InChI=1S/C20H19N3O3/c1-15-8-13-19(24)23(21-15)14-20(25)22(2)16-9-11-18(12-10-16)26-17-6-4-3-5-7-17/h3-13H,14H2,1-2H3. The second kappa shape index (κ2) is 7.65. The van der Waals surface area contributed by atoms with Crippen LogP contribution in [0.1, 0.15) is 5.69 Å². The number of amides is 1. The van der Waals surface area contributed by atoms with Crippen molar-refractivity contribution in [3.63, 3.8) is 0 Å². The number of aromatic nitrogens is 2. The minimum atomic E-state index is -0.302. The van der Waals surface area contributed by atoms with Crippen LogP contribution < -0.4 is 15.2 Å². The lowest BCUT2D eigenvalue weighted by molar-refractivity contribution is -0.119. The molecule has 0 aliphatic rings. The van der Waals surface area contributed by atoms with Crippen LogP contribution in [-0.4, -0.2) is 22.7 Å². The van der Waals surface area contributed by atoms with Gasteiger partial charge in [-0.2, -0.15) is 5.10 Å². The van der Waals surface area contributed by atoms with Crippen molar-refractivity contribution in [2.45, 2.75) is 13.5 Å². The van der Waals surface area contributed by atoms with Gasteiger partial charge in [-0.25, -0.2) is 4.68 Å². The van der Waals surface area contributed by atoms with Crippen LogP contribution in [0.4, 0.5) is 5.69 Å². The maximum absolute atomic E-state index is 12.4. The summed E-state index contributed by atoms with van der Waals surface area (Å²) < 4.78 is 6.91. The number of para-hydroxylation sites is 1. The first-order chi connectivity index (χ1) is 12.5. The molecule has 0 aliphatic heterocycles. The van der Waals surface area contributed by atoms with Gasteiger partial charge in [0.25, 0.3) is 5.56 Å². The van der Waals surface area contributed by atoms with Gasteiger partial charge in [0.15, 0.2) is 0 Å². The monoisotopic (exact) mass is 349 g/mol. The number of carbonyl (C=O) groups excluding carboxylic acids is 1. The summed E-state index contributed by atoms with van der Waals surface area (Å²) in [5.41, 5.74) is 1.09. The Morgan fingerprint density at radius 3 is 2.35 bits per heavy atom.